The van der Waals surface area contributed by atoms with E-state index in [-0.39, 0.29) is 16.5 Å². The molecule has 3 rings (SSSR count). The van der Waals surface area contributed by atoms with E-state index in [9.17, 15) is 14.9 Å². The molecule has 1 aliphatic heterocycles. The first kappa shape index (κ1) is 19.5. The molecular weight excluding hydrogens is 450 g/mol. The fourth-order valence-electron chi connectivity index (χ4n) is 2.70. The van der Waals surface area contributed by atoms with Gasteiger partial charge in [-0.2, -0.15) is 5.26 Å². The van der Waals surface area contributed by atoms with Gasteiger partial charge in [-0.1, -0.05) is 51.4 Å². The quantitative estimate of drug-likeness (QED) is 0.549. The molecule has 1 atom stereocenters. The molecule has 1 aliphatic rings. The van der Waals surface area contributed by atoms with Gasteiger partial charge >= 0.3 is 0 Å². The first-order chi connectivity index (χ1) is 12.9. The maximum Gasteiger partial charge on any atom is 0.262 e. The van der Waals surface area contributed by atoms with Crippen LogP contribution < -0.4 is 10.6 Å². The lowest BCUT2D eigenvalue weighted by Gasteiger charge is -2.18. The van der Waals surface area contributed by atoms with Gasteiger partial charge in [0.15, 0.2) is 0 Å². The molecule has 2 amide bonds. The zero-order valence-corrected chi connectivity index (χ0v) is 17.0. The summed E-state index contributed by atoms with van der Waals surface area (Å²) in [5.41, 5.74) is 6.58. The molecule has 1 heterocycles. The third-order valence-electron chi connectivity index (χ3n) is 3.92. The van der Waals surface area contributed by atoms with Crippen molar-refractivity contribution in [2.24, 2.45) is 5.73 Å². The Morgan fingerprint density at radius 1 is 1.30 bits per heavy atom. The Kier molecular flexibility index (Phi) is 5.90. The van der Waals surface area contributed by atoms with Crippen molar-refractivity contribution in [2.75, 3.05) is 4.90 Å². The predicted octanol–water partition coefficient (Wildman–Crippen LogP) is 4.01. The number of primary amides is 1. The average Bonchev–Trinajstić information content (AvgIpc) is 2.92. The number of benzene rings is 2. The van der Waals surface area contributed by atoms with Crippen LogP contribution in [0.4, 0.5) is 5.69 Å². The second kappa shape index (κ2) is 8.17. The van der Waals surface area contributed by atoms with Crippen molar-refractivity contribution >= 4 is 56.8 Å². The highest BCUT2D eigenvalue weighted by atomic mass is 79.9. The molecular formula is C19H13BrClN3O2S. The van der Waals surface area contributed by atoms with Gasteiger partial charge in [0, 0.05) is 15.2 Å². The molecule has 0 bridgehead atoms. The standard InChI is InChI=1S/C19H13BrClN3O2S/c20-12-4-6-14(7-5-12)24-18(26)16(9-11-2-1-3-13(21)8-11)27-19(24)15(10-22)17(23)25/h1-8,16H,9H2,(H2,23,25)/b19-15-/t16-/m1/s1. The number of nitrogens with zero attached hydrogens (tertiary/aromatic N) is 2. The highest BCUT2D eigenvalue weighted by molar-refractivity contribution is 9.10. The van der Waals surface area contributed by atoms with Crippen molar-refractivity contribution in [3.8, 4) is 6.07 Å². The topological polar surface area (TPSA) is 87.2 Å². The normalized spacial score (nSPS) is 18.3. The molecule has 0 unspecified atom stereocenters. The molecule has 2 aromatic rings. The number of thioether (sulfide) groups is 1. The molecule has 1 saturated heterocycles. The molecule has 1 fully saturated rings. The molecule has 0 saturated carbocycles. The fraction of sp³-hybridized carbons (Fsp3) is 0.105. The second-order valence-electron chi connectivity index (χ2n) is 5.75. The van der Waals surface area contributed by atoms with Crippen LogP contribution in [-0.4, -0.2) is 17.1 Å². The van der Waals surface area contributed by atoms with E-state index in [0.29, 0.717) is 17.1 Å². The average molecular weight is 463 g/mol. The highest BCUT2D eigenvalue weighted by Gasteiger charge is 2.40. The summed E-state index contributed by atoms with van der Waals surface area (Å²) in [6, 6.07) is 16.1. The van der Waals surface area contributed by atoms with Crippen LogP contribution in [0.2, 0.25) is 5.02 Å². The van der Waals surface area contributed by atoms with Crippen LogP contribution in [0.15, 0.2) is 63.6 Å². The molecule has 2 aromatic carbocycles. The molecule has 5 nitrogen and oxygen atoms in total. The summed E-state index contributed by atoms with van der Waals surface area (Å²) in [5.74, 6) is -1.08. The molecule has 0 aromatic heterocycles. The summed E-state index contributed by atoms with van der Waals surface area (Å²) in [6.45, 7) is 0. The van der Waals surface area contributed by atoms with Crippen molar-refractivity contribution in [1.82, 2.24) is 0 Å². The Morgan fingerprint density at radius 3 is 2.59 bits per heavy atom. The number of carbonyl (C=O) groups excluding carboxylic acids is 2. The smallest absolute Gasteiger partial charge is 0.262 e. The Morgan fingerprint density at radius 2 is 2.00 bits per heavy atom. The summed E-state index contributed by atoms with van der Waals surface area (Å²) >= 11 is 10.5. The summed E-state index contributed by atoms with van der Waals surface area (Å²) in [5, 5.41) is 9.72. The number of nitrogens with two attached hydrogens (primary N) is 1. The minimum Gasteiger partial charge on any atom is -0.365 e. The fourth-order valence-corrected chi connectivity index (χ4v) is 4.50. The lowest BCUT2D eigenvalue weighted by Crippen LogP contribution is -2.31. The molecule has 0 radical (unpaired) electrons. The Balaban J connectivity index is 2.03. The Hall–Kier alpha value is -2.27. The molecule has 27 heavy (non-hydrogen) atoms. The molecule has 8 heteroatoms. The summed E-state index contributed by atoms with van der Waals surface area (Å²) < 4.78 is 0.849. The van der Waals surface area contributed by atoms with Crippen LogP contribution in [0, 0.1) is 11.3 Å². The van der Waals surface area contributed by atoms with Gasteiger partial charge in [0.1, 0.15) is 16.7 Å². The minimum absolute atomic E-state index is 0.216. The van der Waals surface area contributed by atoms with Crippen LogP contribution in [-0.2, 0) is 16.0 Å². The van der Waals surface area contributed by atoms with Crippen molar-refractivity contribution < 1.29 is 9.59 Å². The second-order valence-corrected chi connectivity index (χ2v) is 8.29. The van der Waals surface area contributed by atoms with Crippen molar-refractivity contribution in [3.05, 3.63) is 74.2 Å². The lowest BCUT2D eigenvalue weighted by molar-refractivity contribution is -0.117. The van der Waals surface area contributed by atoms with Gasteiger partial charge in [-0.15, -0.1) is 0 Å². The van der Waals surface area contributed by atoms with Crippen LogP contribution in [0.25, 0.3) is 0 Å². The first-order valence-corrected chi connectivity index (χ1v) is 9.90. The van der Waals surface area contributed by atoms with E-state index in [1.807, 2.05) is 18.2 Å². The van der Waals surface area contributed by atoms with Gasteiger partial charge in [0.05, 0.1) is 5.25 Å². The Bertz CT molecular complexity index is 985. The molecule has 2 N–H and O–H groups in total. The van der Waals surface area contributed by atoms with E-state index in [1.165, 1.54) is 16.7 Å². The minimum atomic E-state index is -0.863. The number of halogens is 2. The van der Waals surface area contributed by atoms with Gasteiger partial charge < -0.3 is 5.73 Å². The van der Waals surface area contributed by atoms with E-state index in [1.54, 1.807) is 36.4 Å². The van der Waals surface area contributed by atoms with Crippen molar-refractivity contribution in [1.29, 1.82) is 5.26 Å². The van der Waals surface area contributed by atoms with E-state index in [0.717, 1.165) is 10.0 Å². The van der Waals surface area contributed by atoms with Gasteiger partial charge in [0.2, 0.25) is 5.91 Å². The van der Waals surface area contributed by atoms with E-state index in [4.69, 9.17) is 17.3 Å². The molecule has 136 valence electrons. The number of rotatable bonds is 4. The number of carbonyl (C=O) groups is 2. The number of amides is 2. The van der Waals surface area contributed by atoms with E-state index >= 15 is 0 Å². The van der Waals surface area contributed by atoms with Gasteiger partial charge in [-0.25, -0.2) is 0 Å². The van der Waals surface area contributed by atoms with Crippen LogP contribution in [0.3, 0.4) is 0 Å². The molecule has 0 spiro atoms. The van der Waals surface area contributed by atoms with Crippen molar-refractivity contribution in [2.45, 2.75) is 11.7 Å². The zero-order valence-electron chi connectivity index (χ0n) is 13.9. The molecule has 0 aliphatic carbocycles. The largest absolute Gasteiger partial charge is 0.365 e. The third-order valence-corrected chi connectivity index (χ3v) is 5.95. The van der Waals surface area contributed by atoms with Crippen LogP contribution in [0.5, 0.6) is 0 Å². The van der Waals surface area contributed by atoms with Crippen LogP contribution >= 0.6 is 39.3 Å². The predicted molar refractivity (Wildman–Crippen MR) is 110 cm³/mol. The van der Waals surface area contributed by atoms with E-state index in [2.05, 4.69) is 15.9 Å². The summed E-state index contributed by atoms with van der Waals surface area (Å²) in [4.78, 5) is 26.2. The number of nitriles is 1. The van der Waals surface area contributed by atoms with Gasteiger partial charge in [0.25, 0.3) is 5.91 Å². The van der Waals surface area contributed by atoms with Gasteiger partial charge in [-0.3, -0.25) is 14.5 Å². The van der Waals surface area contributed by atoms with Gasteiger partial charge in [-0.05, 0) is 48.4 Å². The maximum atomic E-state index is 13.1. The van der Waals surface area contributed by atoms with E-state index < -0.39 is 11.2 Å². The summed E-state index contributed by atoms with van der Waals surface area (Å²) in [7, 11) is 0. The Labute approximate surface area is 173 Å². The lowest BCUT2D eigenvalue weighted by atomic mass is 10.1. The number of hydrogen-bond acceptors (Lipinski definition) is 4. The maximum absolute atomic E-state index is 13.1. The van der Waals surface area contributed by atoms with Crippen LogP contribution in [0.1, 0.15) is 5.56 Å². The number of anilines is 1. The van der Waals surface area contributed by atoms with Crippen molar-refractivity contribution in [3.63, 3.8) is 0 Å². The number of hydrogen-bond donors (Lipinski definition) is 1. The SMILES string of the molecule is N#C/C(C(N)=O)=C1/S[C@H](Cc2cccc(Cl)c2)C(=O)N1c1ccc(Br)cc1. The monoisotopic (exact) mass is 461 g/mol. The zero-order chi connectivity index (χ0) is 19.6. The summed E-state index contributed by atoms with van der Waals surface area (Å²) in [6.07, 6.45) is 0.415. The first-order valence-electron chi connectivity index (χ1n) is 7.85. The third kappa shape index (κ3) is 4.19. The highest BCUT2D eigenvalue weighted by Crippen LogP contribution is 2.42.